The molecular weight excluding hydrogens is 414 g/mol. The third-order valence-electron chi connectivity index (χ3n) is 5.46. The highest BCUT2D eigenvalue weighted by molar-refractivity contribution is 7.89. The first-order valence-electron chi connectivity index (χ1n) is 10.4. The Hall–Kier alpha value is -2.71. The molecule has 1 aliphatic heterocycles. The van der Waals surface area contributed by atoms with E-state index in [0.29, 0.717) is 13.0 Å². The van der Waals surface area contributed by atoms with Crippen molar-refractivity contribution in [2.45, 2.75) is 57.6 Å². The minimum Gasteiger partial charge on any atom is -0.351 e. The molecule has 0 saturated heterocycles. The van der Waals surface area contributed by atoms with Gasteiger partial charge in [-0.2, -0.15) is 4.72 Å². The fourth-order valence-electron chi connectivity index (χ4n) is 3.88. The molecule has 2 atom stereocenters. The SMILES string of the molecule is CC(=O)N1c2ccc(S(=O)(=O)NC(C(=O)NCc3ccccc3)C(C)C)cc2CC1C. The minimum absolute atomic E-state index is 0.0226. The molecule has 0 fully saturated rings. The van der Waals surface area contributed by atoms with Crippen molar-refractivity contribution in [2.24, 2.45) is 5.92 Å². The standard InChI is InChI=1S/C23H29N3O4S/c1-15(2)22(23(28)24-14-18-8-6-5-7-9-18)25-31(29,30)20-10-11-21-19(13-20)12-16(3)26(21)17(4)27/h5-11,13,15-16,22,25H,12,14H2,1-4H3,(H,24,28). The molecule has 166 valence electrons. The first kappa shape index (κ1) is 23.0. The van der Waals surface area contributed by atoms with Gasteiger partial charge in [-0.3, -0.25) is 9.59 Å². The van der Waals surface area contributed by atoms with E-state index < -0.39 is 16.1 Å². The number of fused-ring (bicyclic) bond motifs is 1. The number of nitrogens with zero attached hydrogens (tertiary/aromatic N) is 1. The van der Waals surface area contributed by atoms with Gasteiger partial charge in [0.25, 0.3) is 0 Å². The van der Waals surface area contributed by atoms with Crippen LogP contribution in [0.1, 0.15) is 38.8 Å². The summed E-state index contributed by atoms with van der Waals surface area (Å²) in [6, 6.07) is 13.2. The number of carbonyl (C=O) groups excluding carboxylic acids is 2. The van der Waals surface area contributed by atoms with E-state index in [0.717, 1.165) is 16.8 Å². The Morgan fingerprint density at radius 1 is 1.13 bits per heavy atom. The minimum atomic E-state index is -3.92. The summed E-state index contributed by atoms with van der Waals surface area (Å²) < 4.78 is 28.7. The summed E-state index contributed by atoms with van der Waals surface area (Å²) in [5.41, 5.74) is 2.48. The zero-order valence-electron chi connectivity index (χ0n) is 18.3. The summed E-state index contributed by atoms with van der Waals surface area (Å²) in [4.78, 5) is 26.4. The van der Waals surface area contributed by atoms with Gasteiger partial charge in [-0.25, -0.2) is 8.42 Å². The smallest absolute Gasteiger partial charge is 0.241 e. The normalized spacial score (nSPS) is 16.8. The van der Waals surface area contributed by atoms with Crippen molar-refractivity contribution < 1.29 is 18.0 Å². The maximum absolute atomic E-state index is 13.1. The second kappa shape index (κ2) is 9.20. The van der Waals surface area contributed by atoms with E-state index in [4.69, 9.17) is 0 Å². The molecule has 0 spiro atoms. The van der Waals surface area contributed by atoms with E-state index in [1.165, 1.54) is 13.0 Å². The van der Waals surface area contributed by atoms with Crippen LogP contribution in [0.25, 0.3) is 0 Å². The van der Waals surface area contributed by atoms with Gasteiger partial charge in [0, 0.05) is 25.2 Å². The monoisotopic (exact) mass is 443 g/mol. The molecule has 31 heavy (non-hydrogen) atoms. The van der Waals surface area contributed by atoms with Gasteiger partial charge < -0.3 is 10.2 Å². The number of rotatable bonds is 7. The van der Waals surface area contributed by atoms with Crippen molar-refractivity contribution in [3.8, 4) is 0 Å². The molecule has 1 heterocycles. The number of anilines is 1. The molecule has 1 aliphatic rings. The van der Waals surface area contributed by atoms with E-state index in [-0.39, 0.29) is 28.7 Å². The van der Waals surface area contributed by atoms with Crippen LogP contribution in [-0.4, -0.2) is 32.3 Å². The predicted molar refractivity (Wildman–Crippen MR) is 120 cm³/mol. The lowest BCUT2D eigenvalue weighted by atomic mass is 10.0. The topological polar surface area (TPSA) is 95.6 Å². The zero-order chi connectivity index (χ0) is 22.8. The summed E-state index contributed by atoms with van der Waals surface area (Å²) >= 11 is 0. The Labute approximate surface area is 183 Å². The van der Waals surface area contributed by atoms with Gasteiger partial charge in [-0.15, -0.1) is 0 Å². The average molecular weight is 444 g/mol. The molecular formula is C23H29N3O4S. The highest BCUT2D eigenvalue weighted by atomic mass is 32.2. The van der Waals surface area contributed by atoms with Gasteiger partial charge in [-0.1, -0.05) is 44.2 Å². The van der Waals surface area contributed by atoms with Gasteiger partial charge in [0.2, 0.25) is 21.8 Å². The number of hydrogen-bond acceptors (Lipinski definition) is 4. The van der Waals surface area contributed by atoms with E-state index in [1.54, 1.807) is 30.9 Å². The number of nitrogens with one attached hydrogen (secondary N) is 2. The quantitative estimate of drug-likeness (QED) is 0.688. The number of carbonyl (C=O) groups is 2. The third-order valence-corrected chi connectivity index (χ3v) is 6.90. The highest BCUT2D eigenvalue weighted by Crippen LogP contribution is 2.34. The molecule has 0 aliphatic carbocycles. The number of benzene rings is 2. The lowest BCUT2D eigenvalue weighted by Crippen LogP contribution is -2.49. The molecule has 0 saturated carbocycles. The molecule has 7 nitrogen and oxygen atoms in total. The first-order valence-corrected chi connectivity index (χ1v) is 11.8. The predicted octanol–water partition coefficient (Wildman–Crippen LogP) is 2.60. The van der Waals surface area contributed by atoms with Crippen molar-refractivity contribution in [1.82, 2.24) is 10.0 Å². The fraction of sp³-hybridized carbons (Fsp3) is 0.391. The van der Waals surface area contributed by atoms with Crippen LogP contribution >= 0.6 is 0 Å². The van der Waals surface area contributed by atoms with Crippen LogP contribution < -0.4 is 14.9 Å². The van der Waals surface area contributed by atoms with Gasteiger partial charge in [0.1, 0.15) is 6.04 Å². The van der Waals surface area contributed by atoms with E-state index in [1.807, 2.05) is 37.3 Å². The van der Waals surface area contributed by atoms with E-state index in [9.17, 15) is 18.0 Å². The fourth-order valence-corrected chi connectivity index (χ4v) is 5.27. The van der Waals surface area contributed by atoms with Crippen molar-refractivity contribution in [3.63, 3.8) is 0 Å². The first-order chi connectivity index (χ1) is 14.6. The molecule has 3 rings (SSSR count). The van der Waals surface area contributed by atoms with E-state index in [2.05, 4.69) is 10.0 Å². The van der Waals surface area contributed by atoms with Gasteiger partial charge in [0.15, 0.2) is 0 Å². The molecule has 2 aromatic carbocycles. The number of amides is 2. The summed E-state index contributed by atoms with van der Waals surface area (Å²) in [6.07, 6.45) is 0.587. The molecule has 2 amide bonds. The lowest BCUT2D eigenvalue weighted by molar-refractivity contribution is -0.123. The molecule has 2 aromatic rings. The Morgan fingerprint density at radius 2 is 1.81 bits per heavy atom. The summed E-state index contributed by atoms with van der Waals surface area (Å²) in [5.74, 6) is -0.692. The maximum Gasteiger partial charge on any atom is 0.241 e. The maximum atomic E-state index is 13.1. The number of hydrogen-bond donors (Lipinski definition) is 2. The van der Waals surface area contributed by atoms with Crippen LogP contribution in [0.2, 0.25) is 0 Å². The molecule has 8 heteroatoms. The van der Waals surface area contributed by atoms with Crippen molar-refractivity contribution in [2.75, 3.05) is 4.90 Å². The average Bonchev–Trinajstić information content (AvgIpc) is 3.06. The highest BCUT2D eigenvalue weighted by Gasteiger charge is 2.32. The second-order valence-corrected chi connectivity index (χ2v) is 9.99. The summed E-state index contributed by atoms with van der Waals surface area (Å²) in [5, 5.41) is 2.81. The second-order valence-electron chi connectivity index (χ2n) is 8.28. The largest absolute Gasteiger partial charge is 0.351 e. The van der Waals surface area contributed by atoms with Crippen LogP contribution in [0.15, 0.2) is 53.4 Å². The van der Waals surface area contributed by atoms with Crippen LogP contribution in [0.5, 0.6) is 0 Å². The molecule has 0 radical (unpaired) electrons. The third kappa shape index (κ3) is 5.14. The van der Waals surface area contributed by atoms with Crippen LogP contribution in [0.3, 0.4) is 0 Å². The van der Waals surface area contributed by atoms with Gasteiger partial charge in [0.05, 0.1) is 4.90 Å². The van der Waals surface area contributed by atoms with Crippen molar-refractivity contribution in [3.05, 3.63) is 59.7 Å². The summed E-state index contributed by atoms with van der Waals surface area (Å²) in [7, 11) is -3.92. The van der Waals surface area contributed by atoms with Crippen LogP contribution in [0, 0.1) is 5.92 Å². The Bertz CT molecular complexity index is 1070. The van der Waals surface area contributed by atoms with Gasteiger partial charge >= 0.3 is 0 Å². The number of sulfonamides is 1. The van der Waals surface area contributed by atoms with Crippen molar-refractivity contribution in [1.29, 1.82) is 0 Å². The Kier molecular flexibility index (Phi) is 6.81. The zero-order valence-corrected chi connectivity index (χ0v) is 19.1. The molecule has 0 bridgehead atoms. The van der Waals surface area contributed by atoms with Gasteiger partial charge in [-0.05, 0) is 48.6 Å². The summed E-state index contributed by atoms with van der Waals surface area (Å²) in [6.45, 7) is 7.34. The van der Waals surface area contributed by atoms with E-state index >= 15 is 0 Å². The van der Waals surface area contributed by atoms with Crippen LogP contribution in [-0.2, 0) is 32.6 Å². The van der Waals surface area contributed by atoms with Crippen molar-refractivity contribution >= 4 is 27.5 Å². The van der Waals surface area contributed by atoms with Crippen LogP contribution in [0.4, 0.5) is 5.69 Å². The lowest BCUT2D eigenvalue weighted by Gasteiger charge is -2.22. The Balaban J connectivity index is 1.77. The Morgan fingerprint density at radius 3 is 2.42 bits per heavy atom. The molecule has 0 aromatic heterocycles. The molecule has 2 unspecified atom stereocenters. The molecule has 2 N–H and O–H groups in total.